The lowest BCUT2D eigenvalue weighted by Crippen LogP contribution is -2.43. The SMILES string of the molecule is O=C(Oc1ccccc1)OC1[C@@H](COP(=O)(O)OP(=O)(O)Cc2ccccc2)O[C@@H](n2ccc(=O)[nH]c2=O)[C@H]1OC(=O)Oc1ccccc1. The molecule has 0 aliphatic carbocycles. The number of phosphoric ester groups is 1. The predicted octanol–water partition coefficient (Wildman–Crippen LogP) is 4.12. The summed E-state index contributed by atoms with van der Waals surface area (Å²) in [6.45, 7) is -0.995. The molecule has 19 heteroatoms. The zero-order chi connectivity index (χ0) is 35.0. The fourth-order valence-corrected chi connectivity index (χ4v) is 7.31. The van der Waals surface area contributed by atoms with Gasteiger partial charge in [0.05, 0.1) is 12.8 Å². The second kappa shape index (κ2) is 15.6. The molecule has 2 heterocycles. The number of nitrogens with one attached hydrogen (secondary N) is 1. The van der Waals surface area contributed by atoms with Gasteiger partial charge in [0, 0.05) is 12.3 Å². The van der Waals surface area contributed by atoms with Gasteiger partial charge in [-0.3, -0.25) is 23.4 Å². The van der Waals surface area contributed by atoms with Gasteiger partial charge in [-0.15, -0.1) is 0 Å². The van der Waals surface area contributed by atoms with E-state index in [1.165, 1.54) is 36.4 Å². The van der Waals surface area contributed by atoms with Crippen molar-refractivity contribution in [3.63, 3.8) is 0 Å². The third-order valence-corrected chi connectivity index (χ3v) is 9.71. The third-order valence-electron chi connectivity index (χ3n) is 6.62. The zero-order valence-corrected chi connectivity index (χ0v) is 26.9. The van der Waals surface area contributed by atoms with Gasteiger partial charge in [-0.25, -0.2) is 23.3 Å². The number of aromatic nitrogens is 2. The monoisotopic (exact) mass is 718 g/mol. The Hall–Kier alpha value is -4.86. The number of ether oxygens (including phenoxy) is 5. The van der Waals surface area contributed by atoms with Crippen LogP contribution in [0.2, 0.25) is 0 Å². The summed E-state index contributed by atoms with van der Waals surface area (Å²) in [6, 6.07) is 24.1. The molecule has 1 aliphatic rings. The second-order valence-electron chi connectivity index (χ2n) is 10.2. The normalized spacial score (nSPS) is 21.1. The molecule has 3 N–H and O–H groups in total. The molecule has 3 aromatic carbocycles. The molecule has 0 amide bonds. The lowest BCUT2D eigenvalue weighted by atomic mass is 10.1. The first-order chi connectivity index (χ1) is 23.4. The fourth-order valence-electron chi connectivity index (χ4n) is 4.60. The molecule has 1 aromatic heterocycles. The van der Waals surface area contributed by atoms with Crippen molar-refractivity contribution in [2.75, 3.05) is 6.61 Å². The summed E-state index contributed by atoms with van der Waals surface area (Å²) in [5.41, 5.74) is -1.48. The first kappa shape index (κ1) is 35.4. The van der Waals surface area contributed by atoms with E-state index in [4.69, 9.17) is 28.2 Å². The average Bonchev–Trinajstić information content (AvgIpc) is 3.36. The molecule has 1 saturated heterocycles. The molecule has 1 aliphatic heterocycles. The number of rotatable bonds is 12. The van der Waals surface area contributed by atoms with Crippen LogP contribution in [0.15, 0.2) is 113 Å². The second-order valence-corrected chi connectivity index (χ2v) is 13.6. The van der Waals surface area contributed by atoms with Crippen LogP contribution in [0.3, 0.4) is 0 Å². The average molecular weight is 719 g/mol. The van der Waals surface area contributed by atoms with E-state index in [1.54, 1.807) is 54.6 Å². The molecule has 1 fully saturated rings. The highest BCUT2D eigenvalue weighted by Gasteiger charge is 2.52. The lowest BCUT2D eigenvalue weighted by Gasteiger charge is -2.24. The van der Waals surface area contributed by atoms with Crippen molar-refractivity contribution >= 4 is 27.7 Å². The van der Waals surface area contributed by atoms with Crippen LogP contribution >= 0.6 is 15.4 Å². The molecule has 0 saturated carbocycles. The van der Waals surface area contributed by atoms with Crippen LogP contribution < -0.4 is 20.7 Å². The number of nitrogens with zero attached hydrogens (tertiary/aromatic N) is 1. The Labute approximate surface area is 276 Å². The molecule has 0 radical (unpaired) electrons. The molecule has 0 bridgehead atoms. The van der Waals surface area contributed by atoms with Crippen LogP contribution in [0.1, 0.15) is 11.8 Å². The largest absolute Gasteiger partial charge is 0.514 e. The van der Waals surface area contributed by atoms with E-state index in [9.17, 15) is 38.1 Å². The van der Waals surface area contributed by atoms with E-state index < -0.39 is 76.3 Å². The molecular weight excluding hydrogens is 690 g/mol. The van der Waals surface area contributed by atoms with Gasteiger partial charge >= 0.3 is 33.4 Å². The molecule has 5 rings (SSSR count). The summed E-state index contributed by atoms with van der Waals surface area (Å²) in [7, 11) is -10.1. The Morgan fingerprint density at radius 2 is 1.31 bits per heavy atom. The van der Waals surface area contributed by atoms with Crippen LogP contribution in [-0.2, 0) is 38.3 Å². The van der Waals surface area contributed by atoms with Crippen molar-refractivity contribution in [3.05, 3.63) is 130 Å². The minimum absolute atomic E-state index is 0.0546. The number of H-pyrrole nitrogens is 1. The number of carbonyl (C=O) groups is 2. The van der Waals surface area contributed by atoms with Crippen molar-refractivity contribution in [1.29, 1.82) is 0 Å². The van der Waals surface area contributed by atoms with Crippen molar-refractivity contribution in [1.82, 2.24) is 9.55 Å². The molecule has 49 heavy (non-hydrogen) atoms. The summed E-state index contributed by atoms with van der Waals surface area (Å²) >= 11 is 0. The lowest BCUT2D eigenvalue weighted by molar-refractivity contribution is -0.0604. The maximum absolute atomic E-state index is 12.9. The zero-order valence-electron chi connectivity index (χ0n) is 25.1. The van der Waals surface area contributed by atoms with Gasteiger partial charge in [0.2, 0.25) is 0 Å². The molecule has 6 atom stereocenters. The molecular formula is C30H28N2O15P2. The Balaban J connectivity index is 1.42. The number of phosphoric acid groups is 1. The third kappa shape index (κ3) is 10.1. The van der Waals surface area contributed by atoms with Gasteiger partial charge in [0.1, 0.15) is 17.6 Å². The van der Waals surface area contributed by atoms with E-state index in [0.717, 1.165) is 16.8 Å². The summed E-state index contributed by atoms with van der Waals surface area (Å²) in [6.07, 6.45) is -9.14. The van der Waals surface area contributed by atoms with E-state index in [-0.39, 0.29) is 11.5 Å². The molecule has 3 unspecified atom stereocenters. The number of carbonyl (C=O) groups excluding carboxylic acids is 2. The van der Waals surface area contributed by atoms with Crippen LogP contribution in [0.4, 0.5) is 9.59 Å². The van der Waals surface area contributed by atoms with E-state index in [0.29, 0.717) is 5.56 Å². The van der Waals surface area contributed by atoms with Gasteiger partial charge in [-0.1, -0.05) is 66.7 Å². The summed E-state index contributed by atoms with van der Waals surface area (Å²) in [4.78, 5) is 73.1. The summed E-state index contributed by atoms with van der Waals surface area (Å²) in [5.74, 6) is 0.117. The number of hydrogen-bond donors (Lipinski definition) is 3. The van der Waals surface area contributed by atoms with E-state index in [2.05, 4.69) is 4.31 Å². The fraction of sp³-hybridized carbons (Fsp3) is 0.200. The summed E-state index contributed by atoms with van der Waals surface area (Å²) in [5, 5.41) is 0. The quantitative estimate of drug-likeness (QED) is 0.106. The van der Waals surface area contributed by atoms with Crippen LogP contribution in [-0.4, -0.2) is 56.6 Å². The minimum Gasteiger partial charge on any atom is -0.424 e. The van der Waals surface area contributed by atoms with Crippen LogP contribution in [0, 0.1) is 0 Å². The Bertz CT molecular complexity index is 1960. The van der Waals surface area contributed by atoms with Gasteiger partial charge in [0.25, 0.3) is 5.56 Å². The number of benzene rings is 3. The first-order valence-corrected chi connectivity index (χ1v) is 17.5. The van der Waals surface area contributed by atoms with E-state index >= 15 is 0 Å². The highest BCUT2D eigenvalue weighted by molar-refractivity contribution is 7.63. The maximum Gasteiger partial charge on any atom is 0.514 e. The highest BCUT2D eigenvalue weighted by Crippen LogP contribution is 2.61. The topological polar surface area (TPSA) is 228 Å². The Morgan fingerprint density at radius 1 is 0.776 bits per heavy atom. The highest BCUT2D eigenvalue weighted by atomic mass is 31.3. The minimum atomic E-state index is -5.33. The van der Waals surface area contributed by atoms with Crippen molar-refractivity contribution in [2.45, 2.75) is 30.7 Å². The van der Waals surface area contributed by atoms with Crippen LogP contribution in [0.5, 0.6) is 11.5 Å². The molecule has 4 aromatic rings. The molecule has 0 spiro atoms. The van der Waals surface area contributed by atoms with Crippen molar-refractivity contribution in [2.24, 2.45) is 0 Å². The first-order valence-electron chi connectivity index (χ1n) is 14.3. The summed E-state index contributed by atoms with van der Waals surface area (Å²) < 4.78 is 63.0. The number of hydrogen-bond acceptors (Lipinski definition) is 13. The van der Waals surface area contributed by atoms with Crippen molar-refractivity contribution in [3.8, 4) is 11.5 Å². The molecule has 258 valence electrons. The van der Waals surface area contributed by atoms with Gasteiger partial charge in [-0.05, 0) is 29.8 Å². The van der Waals surface area contributed by atoms with Crippen molar-refractivity contribution < 1.29 is 61.0 Å². The number of aromatic amines is 1. The Morgan fingerprint density at radius 3 is 1.86 bits per heavy atom. The smallest absolute Gasteiger partial charge is 0.424 e. The van der Waals surface area contributed by atoms with Crippen LogP contribution in [0.25, 0.3) is 0 Å². The number of para-hydroxylation sites is 2. The Kier molecular flexibility index (Phi) is 11.3. The molecule has 17 nitrogen and oxygen atoms in total. The van der Waals surface area contributed by atoms with Gasteiger partial charge in [-0.2, -0.15) is 0 Å². The standard InChI is InChI=1S/C30H28N2O15P2/c33-24-16-17-32(28(34)31-24)27-26(46-30(36)43-22-14-8-3-9-15-22)25(45-29(35)42-21-12-6-2-7-13-21)23(44-27)18-41-49(39,40)47-48(37,38)19-20-10-4-1-5-11-20/h1-17,23,25-27H,18-19H2,(H,37,38)(H,39,40)(H,31,33,34)/t23-,25?,26+,27-/m1/s1. The maximum atomic E-state index is 12.9. The predicted molar refractivity (Wildman–Crippen MR) is 167 cm³/mol. The van der Waals surface area contributed by atoms with Gasteiger partial charge < -0.3 is 33.5 Å². The van der Waals surface area contributed by atoms with Gasteiger partial charge in [0.15, 0.2) is 18.4 Å². The van der Waals surface area contributed by atoms with E-state index in [1.807, 2.05) is 4.98 Å².